The molecule has 0 heterocycles. The Kier molecular flexibility index (Phi) is 4.65. The Balaban J connectivity index is 2.32. The molecule has 1 rings (SSSR count). The Hall–Kier alpha value is -0.730. The number of halogens is 1. The molecule has 0 bridgehead atoms. The van der Waals surface area contributed by atoms with E-state index < -0.39 is 0 Å². The minimum Gasteiger partial charge on any atom is -0.383 e. The largest absolute Gasteiger partial charge is 0.383 e. The molecule has 0 aromatic heterocycles. The van der Waals surface area contributed by atoms with Crippen molar-refractivity contribution in [2.45, 2.75) is 6.92 Å². The Bertz CT molecular complexity index is 250. The zero-order chi connectivity index (χ0) is 9.52. The molecule has 0 atom stereocenters. The molecule has 0 aliphatic heterocycles. The van der Waals surface area contributed by atoms with Crippen molar-refractivity contribution in [3.8, 4) is 0 Å². The van der Waals surface area contributed by atoms with Crippen LogP contribution in [-0.4, -0.2) is 19.6 Å². The van der Waals surface area contributed by atoms with Gasteiger partial charge in [-0.05, 0) is 18.7 Å². The quantitative estimate of drug-likeness (QED) is 0.710. The second kappa shape index (κ2) is 5.84. The van der Waals surface area contributed by atoms with Gasteiger partial charge in [0.2, 0.25) is 0 Å². The minimum absolute atomic E-state index is 0.777. The van der Waals surface area contributed by atoms with E-state index in [0.29, 0.717) is 0 Å². The number of benzene rings is 1. The Morgan fingerprint density at radius 2 is 2.00 bits per heavy atom. The maximum absolute atomic E-state index is 5.95. The summed E-state index contributed by atoms with van der Waals surface area (Å²) in [4.78, 5) is 0. The van der Waals surface area contributed by atoms with Gasteiger partial charge in [-0.2, -0.15) is 0 Å². The van der Waals surface area contributed by atoms with Crippen LogP contribution in [0.15, 0.2) is 24.3 Å². The van der Waals surface area contributed by atoms with Gasteiger partial charge in [-0.15, -0.1) is 0 Å². The maximum atomic E-state index is 5.95. The summed E-state index contributed by atoms with van der Waals surface area (Å²) in [7, 11) is 0. The molecule has 0 radical (unpaired) electrons. The SMILES string of the molecule is CCNCCNc1ccccc1Cl. The summed E-state index contributed by atoms with van der Waals surface area (Å²) in [5, 5.41) is 7.26. The summed E-state index contributed by atoms with van der Waals surface area (Å²) in [5.74, 6) is 0. The van der Waals surface area contributed by atoms with Gasteiger partial charge in [0.25, 0.3) is 0 Å². The molecule has 1 aromatic carbocycles. The lowest BCUT2D eigenvalue weighted by Gasteiger charge is -2.07. The van der Waals surface area contributed by atoms with E-state index in [1.54, 1.807) is 0 Å². The number of nitrogens with one attached hydrogen (secondary N) is 2. The molecule has 72 valence electrons. The first-order valence-electron chi connectivity index (χ1n) is 4.53. The van der Waals surface area contributed by atoms with Gasteiger partial charge < -0.3 is 10.6 Å². The van der Waals surface area contributed by atoms with Crippen molar-refractivity contribution < 1.29 is 0 Å². The normalized spacial score (nSPS) is 10.0. The van der Waals surface area contributed by atoms with Crippen LogP contribution in [0.5, 0.6) is 0 Å². The average molecular weight is 199 g/mol. The summed E-state index contributed by atoms with van der Waals surface area (Å²) in [6.07, 6.45) is 0. The van der Waals surface area contributed by atoms with E-state index in [-0.39, 0.29) is 0 Å². The zero-order valence-corrected chi connectivity index (χ0v) is 8.56. The molecule has 0 fully saturated rings. The highest BCUT2D eigenvalue weighted by Gasteiger charge is 1.95. The predicted octanol–water partition coefficient (Wildman–Crippen LogP) is 2.36. The summed E-state index contributed by atoms with van der Waals surface area (Å²) >= 11 is 5.95. The van der Waals surface area contributed by atoms with Crippen molar-refractivity contribution in [3.63, 3.8) is 0 Å². The lowest BCUT2D eigenvalue weighted by atomic mass is 10.3. The molecule has 0 aliphatic carbocycles. The fourth-order valence-electron chi connectivity index (χ4n) is 1.07. The highest BCUT2D eigenvalue weighted by atomic mass is 35.5. The van der Waals surface area contributed by atoms with Crippen molar-refractivity contribution in [3.05, 3.63) is 29.3 Å². The molecule has 0 saturated heterocycles. The lowest BCUT2D eigenvalue weighted by Crippen LogP contribution is -2.21. The third kappa shape index (κ3) is 3.66. The summed E-state index contributed by atoms with van der Waals surface area (Å²) in [6, 6.07) is 7.77. The third-order valence-electron chi connectivity index (χ3n) is 1.74. The fourth-order valence-corrected chi connectivity index (χ4v) is 1.27. The molecule has 0 aliphatic rings. The van der Waals surface area contributed by atoms with Gasteiger partial charge in [-0.25, -0.2) is 0 Å². The van der Waals surface area contributed by atoms with E-state index >= 15 is 0 Å². The molecule has 0 saturated carbocycles. The highest BCUT2D eigenvalue weighted by molar-refractivity contribution is 6.33. The molecule has 2 N–H and O–H groups in total. The Morgan fingerprint density at radius 1 is 1.23 bits per heavy atom. The molecular formula is C10H15ClN2. The number of hydrogen-bond donors (Lipinski definition) is 2. The van der Waals surface area contributed by atoms with E-state index in [2.05, 4.69) is 17.6 Å². The van der Waals surface area contributed by atoms with Crippen molar-refractivity contribution in [2.24, 2.45) is 0 Å². The Morgan fingerprint density at radius 3 is 2.69 bits per heavy atom. The number of hydrogen-bond acceptors (Lipinski definition) is 2. The molecule has 13 heavy (non-hydrogen) atoms. The van der Waals surface area contributed by atoms with Crippen molar-refractivity contribution >= 4 is 17.3 Å². The second-order valence-corrected chi connectivity index (χ2v) is 3.17. The monoisotopic (exact) mass is 198 g/mol. The van der Waals surface area contributed by atoms with Gasteiger partial charge in [0.1, 0.15) is 0 Å². The van der Waals surface area contributed by atoms with Crippen LogP contribution in [0.1, 0.15) is 6.92 Å². The van der Waals surface area contributed by atoms with Gasteiger partial charge in [0, 0.05) is 13.1 Å². The van der Waals surface area contributed by atoms with Gasteiger partial charge in [0.05, 0.1) is 10.7 Å². The van der Waals surface area contributed by atoms with E-state index in [4.69, 9.17) is 11.6 Å². The third-order valence-corrected chi connectivity index (χ3v) is 2.07. The molecule has 0 amide bonds. The van der Waals surface area contributed by atoms with Gasteiger partial charge in [-0.1, -0.05) is 30.7 Å². The topological polar surface area (TPSA) is 24.1 Å². The molecule has 3 heteroatoms. The van der Waals surface area contributed by atoms with Crippen LogP contribution in [0.2, 0.25) is 5.02 Å². The van der Waals surface area contributed by atoms with Crippen LogP contribution in [0.4, 0.5) is 5.69 Å². The van der Waals surface area contributed by atoms with Crippen LogP contribution < -0.4 is 10.6 Å². The first-order valence-corrected chi connectivity index (χ1v) is 4.91. The summed E-state index contributed by atoms with van der Waals surface area (Å²) < 4.78 is 0. The zero-order valence-electron chi connectivity index (χ0n) is 7.81. The van der Waals surface area contributed by atoms with Crippen molar-refractivity contribution in [1.82, 2.24) is 5.32 Å². The lowest BCUT2D eigenvalue weighted by molar-refractivity contribution is 0.739. The first kappa shape index (κ1) is 10.4. The van der Waals surface area contributed by atoms with E-state index in [0.717, 1.165) is 30.3 Å². The molecule has 0 unspecified atom stereocenters. The number of para-hydroxylation sites is 1. The van der Waals surface area contributed by atoms with Gasteiger partial charge in [0.15, 0.2) is 0 Å². The van der Waals surface area contributed by atoms with Crippen LogP contribution in [-0.2, 0) is 0 Å². The number of rotatable bonds is 5. The molecule has 1 aromatic rings. The molecule has 0 spiro atoms. The Labute approximate surface area is 84.3 Å². The van der Waals surface area contributed by atoms with Crippen LogP contribution in [0.25, 0.3) is 0 Å². The second-order valence-electron chi connectivity index (χ2n) is 2.76. The van der Waals surface area contributed by atoms with Crippen molar-refractivity contribution in [2.75, 3.05) is 25.0 Å². The van der Waals surface area contributed by atoms with Crippen LogP contribution in [0.3, 0.4) is 0 Å². The standard InChI is InChI=1S/C10H15ClN2/c1-2-12-7-8-13-10-6-4-3-5-9(10)11/h3-6,12-13H,2,7-8H2,1H3. The minimum atomic E-state index is 0.777. The first-order chi connectivity index (χ1) is 6.34. The molecule has 2 nitrogen and oxygen atoms in total. The van der Waals surface area contributed by atoms with E-state index in [9.17, 15) is 0 Å². The highest BCUT2D eigenvalue weighted by Crippen LogP contribution is 2.19. The maximum Gasteiger partial charge on any atom is 0.0637 e. The van der Waals surface area contributed by atoms with E-state index in [1.165, 1.54) is 0 Å². The molecular weight excluding hydrogens is 184 g/mol. The fraction of sp³-hybridized carbons (Fsp3) is 0.400. The number of likely N-dealkylation sites (N-methyl/N-ethyl adjacent to an activating group) is 1. The van der Waals surface area contributed by atoms with Crippen LogP contribution >= 0.6 is 11.6 Å². The van der Waals surface area contributed by atoms with Gasteiger partial charge in [-0.3, -0.25) is 0 Å². The summed E-state index contributed by atoms with van der Waals surface area (Å²) in [5.41, 5.74) is 1.00. The number of anilines is 1. The average Bonchev–Trinajstić information content (AvgIpc) is 2.15. The summed E-state index contributed by atoms with van der Waals surface area (Å²) in [6.45, 7) is 4.96. The predicted molar refractivity (Wildman–Crippen MR) is 58.5 cm³/mol. The van der Waals surface area contributed by atoms with Crippen molar-refractivity contribution in [1.29, 1.82) is 0 Å². The smallest absolute Gasteiger partial charge is 0.0637 e. The van der Waals surface area contributed by atoms with Crippen LogP contribution in [0, 0.1) is 0 Å². The van der Waals surface area contributed by atoms with Gasteiger partial charge >= 0.3 is 0 Å². The van der Waals surface area contributed by atoms with E-state index in [1.807, 2.05) is 24.3 Å².